The van der Waals surface area contributed by atoms with Gasteiger partial charge in [-0.05, 0) is 62.5 Å². The average Bonchev–Trinajstić information content (AvgIpc) is 3.44. The van der Waals surface area contributed by atoms with Gasteiger partial charge in [0.1, 0.15) is 11.6 Å². The van der Waals surface area contributed by atoms with E-state index in [-0.39, 0.29) is 41.5 Å². The Balaban J connectivity index is 1.15. The average molecular weight is 645 g/mol. The number of carbonyl (C=O) groups is 2. The van der Waals surface area contributed by atoms with E-state index in [1.54, 1.807) is 0 Å². The molecule has 5 aliphatic rings. The zero-order valence-corrected chi connectivity index (χ0v) is 26.2. The van der Waals surface area contributed by atoms with Gasteiger partial charge in [0.2, 0.25) is 5.91 Å². The van der Waals surface area contributed by atoms with E-state index in [4.69, 9.17) is 16.3 Å². The van der Waals surface area contributed by atoms with E-state index in [0.717, 1.165) is 56.4 Å². The molecule has 4 unspecified atom stereocenters. The smallest absolute Gasteiger partial charge is 0.258 e. The van der Waals surface area contributed by atoms with Gasteiger partial charge in [-0.15, -0.1) is 11.8 Å². The van der Waals surface area contributed by atoms with Crippen molar-refractivity contribution in [2.75, 3.05) is 6.61 Å². The molecule has 6 nitrogen and oxygen atoms in total. The molecule has 2 bridgehead atoms. The fourth-order valence-corrected chi connectivity index (χ4v) is 9.57. The Kier molecular flexibility index (Phi) is 10.8. The van der Waals surface area contributed by atoms with E-state index >= 15 is 0 Å². The molecule has 4 aliphatic carbocycles. The number of thioether (sulfide) groups is 1. The first kappa shape index (κ1) is 32.7. The van der Waals surface area contributed by atoms with Gasteiger partial charge in [-0.25, -0.2) is 13.2 Å². The fourth-order valence-electron chi connectivity index (χ4n) is 7.91. The summed E-state index contributed by atoms with van der Waals surface area (Å²) in [6.07, 6.45) is 9.58. The lowest BCUT2D eigenvalue weighted by molar-refractivity contribution is -0.136. The van der Waals surface area contributed by atoms with Crippen molar-refractivity contribution in [3.05, 3.63) is 29.0 Å². The quantitative estimate of drug-likeness (QED) is 0.290. The molecule has 240 valence electrons. The molecule has 1 aliphatic heterocycles. The number of rotatable bonds is 8. The minimum absolute atomic E-state index is 0.0419. The highest BCUT2D eigenvalue weighted by Crippen LogP contribution is 2.50. The Morgan fingerprint density at radius 2 is 1.67 bits per heavy atom. The molecule has 4 atom stereocenters. The maximum atomic E-state index is 14.2. The van der Waals surface area contributed by atoms with E-state index in [1.807, 2.05) is 0 Å². The molecule has 4 saturated carbocycles. The zero-order chi connectivity index (χ0) is 30.6. The predicted octanol–water partition coefficient (Wildman–Crippen LogP) is 6.80. The Labute approximate surface area is 261 Å². The molecule has 0 spiro atoms. The minimum Gasteiger partial charge on any atom is -0.484 e. The molecule has 1 aromatic carbocycles. The summed E-state index contributed by atoms with van der Waals surface area (Å²) in [5, 5.41) is 15.9. The van der Waals surface area contributed by atoms with Gasteiger partial charge in [-0.2, -0.15) is 0 Å². The van der Waals surface area contributed by atoms with Crippen LogP contribution in [0.3, 0.4) is 0 Å². The van der Waals surface area contributed by atoms with E-state index in [9.17, 15) is 27.9 Å². The highest BCUT2D eigenvalue weighted by atomic mass is 35.5. The van der Waals surface area contributed by atoms with E-state index in [1.165, 1.54) is 31.4 Å². The van der Waals surface area contributed by atoms with Crippen LogP contribution in [0.5, 0.6) is 5.75 Å². The summed E-state index contributed by atoms with van der Waals surface area (Å²) in [7, 11) is 0. The van der Waals surface area contributed by atoms with Crippen LogP contribution in [0, 0.1) is 17.7 Å². The van der Waals surface area contributed by atoms with E-state index in [2.05, 4.69) is 10.6 Å². The number of hydrogen-bond acceptors (Lipinski definition) is 5. The van der Waals surface area contributed by atoms with Gasteiger partial charge in [0, 0.05) is 11.6 Å². The lowest BCUT2D eigenvalue weighted by Gasteiger charge is -2.56. The number of aliphatic hydroxyl groups is 1. The molecule has 1 saturated heterocycles. The lowest BCUT2D eigenvalue weighted by Crippen LogP contribution is -2.70. The SMILES string of the molecule is O=C(COc1ccc(Cl)c(F)c1)NC12CCC(NC(=O)C3CC(C4CCCCCCCCC4)C(C(F)F)S3)(CC1)CC2O. The number of carbonyl (C=O) groups excluding carboxylic acids is 2. The van der Waals surface area contributed by atoms with Gasteiger partial charge in [0.15, 0.2) is 6.61 Å². The van der Waals surface area contributed by atoms with Crippen LogP contribution < -0.4 is 15.4 Å². The number of nitrogens with one attached hydrogen (secondary N) is 2. The number of alkyl halides is 2. The first-order valence-electron chi connectivity index (χ1n) is 15.9. The first-order valence-corrected chi connectivity index (χ1v) is 17.2. The van der Waals surface area contributed by atoms with Crippen LogP contribution in [-0.4, -0.2) is 57.6 Å². The summed E-state index contributed by atoms with van der Waals surface area (Å²) in [5.74, 6) is -1.03. The maximum Gasteiger partial charge on any atom is 0.258 e. The monoisotopic (exact) mass is 644 g/mol. The Morgan fingerprint density at radius 1 is 1.02 bits per heavy atom. The molecule has 1 aromatic rings. The van der Waals surface area contributed by atoms with Crippen molar-refractivity contribution >= 4 is 35.2 Å². The van der Waals surface area contributed by atoms with Crippen LogP contribution in [0.4, 0.5) is 13.2 Å². The first-order chi connectivity index (χ1) is 20.6. The number of halogens is 4. The number of ether oxygens (including phenoxy) is 1. The van der Waals surface area contributed by atoms with Gasteiger partial charge in [0.05, 0.1) is 27.2 Å². The number of hydrogen-bond donors (Lipinski definition) is 3. The van der Waals surface area contributed by atoms with Crippen LogP contribution >= 0.6 is 23.4 Å². The molecule has 43 heavy (non-hydrogen) atoms. The molecular formula is C32H44ClF3N2O4S. The Hall–Kier alpha value is -1.65. The van der Waals surface area contributed by atoms with Crippen LogP contribution in [0.15, 0.2) is 18.2 Å². The molecule has 0 radical (unpaired) electrons. The lowest BCUT2D eigenvalue weighted by atomic mass is 9.60. The molecule has 1 heterocycles. The van der Waals surface area contributed by atoms with Crippen molar-refractivity contribution < 1.29 is 32.6 Å². The second-order valence-electron chi connectivity index (χ2n) is 13.2. The highest BCUT2D eigenvalue weighted by Gasteiger charge is 2.56. The summed E-state index contributed by atoms with van der Waals surface area (Å²) in [6, 6.07) is 3.93. The highest BCUT2D eigenvalue weighted by molar-refractivity contribution is 8.01. The summed E-state index contributed by atoms with van der Waals surface area (Å²) in [4.78, 5) is 26.3. The van der Waals surface area contributed by atoms with Crippen molar-refractivity contribution in [1.29, 1.82) is 0 Å². The summed E-state index contributed by atoms with van der Waals surface area (Å²) < 4.78 is 47.6. The van der Waals surface area contributed by atoms with Gasteiger partial charge < -0.3 is 20.5 Å². The number of fused-ring (bicyclic) bond motifs is 3. The third-order valence-corrected chi connectivity index (χ3v) is 12.3. The number of aliphatic hydroxyl groups excluding tert-OH is 1. The molecule has 2 amide bonds. The third-order valence-electron chi connectivity index (χ3n) is 10.4. The predicted molar refractivity (Wildman–Crippen MR) is 162 cm³/mol. The van der Waals surface area contributed by atoms with Crippen LogP contribution in [-0.2, 0) is 9.59 Å². The van der Waals surface area contributed by atoms with E-state index in [0.29, 0.717) is 32.1 Å². The second-order valence-corrected chi connectivity index (χ2v) is 15.0. The van der Waals surface area contributed by atoms with E-state index < -0.39 is 45.8 Å². The van der Waals surface area contributed by atoms with Crippen LogP contribution in [0.1, 0.15) is 96.3 Å². The molecule has 3 N–H and O–H groups in total. The number of benzene rings is 1. The normalized spacial score (nSPS) is 33.7. The minimum atomic E-state index is -2.46. The summed E-state index contributed by atoms with van der Waals surface area (Å²) in [6.45, 7) is -0.343. The molecule has 11 heteroatoms. The van der Waals surface area contributed by atoms with Crippen LogP contribution in [0.2, 0.25) is 5.02 Å². The van der Waals surface area contributed by atoms with Crippen molar-refractivity contribution in [3.63, 3.8) is 0 Å². The maximum absolute atomic E-state index is 14.2. The van der Waals surface area contributed by atoms with Gasteiger partial charge in [0.25, 0.3) is 12.3 Å². The standard InChI is InChI=1S/C32H44ClF3N2O4S/c33-23-11-10-21(16-24(23)34)42-19-27(40)37-32-14-12-31(13-15-32,18-26(32)39)38-30(41)25-17-22(28(43-25)29(35)36)20-8-6-4-2-1-3-5-7-9-20/h10-11,16,20,22,25-26,28-29,39H,1-9,12-15,17-19H2,(H,37,40)(H,38,41). The van der Waals surface area contributed by atoms with Gasteiger partial charge in [-0.3, -0.25) is 9.59 Å². The van der Waals surface area contributed by atoms with Crippen molar-refractivity contribution in [1.82, 2.24) is 10.6 Å². The summed E-state index contributed by atoms with van der Waals surface area (Å²) >= 11 is 6.84. The van der Waals surface area contributed by atoms with Crippen molar-refractivity contribution in [3.8, 4) is 5.75 Å². The molecule has 0 aromatic heterocycles. The number of amides is 2. The summed E-state index contributed by atoms with van der Waals surface area (Å²) in [5.41, 5.74) is -1.45. The van der Waals surface area contributed by atoms with Crippen molar-refractivity contribution in [2.45, 2.75) is 130 Å². The zero-order valence-electron chi connectivity index (χ0n) is 24.6. The van der Waals surface area contributed by atoms with Crippen molar-refractivity contribution in [2.24, 2.45) is 11.8 Å². The second kappa shape index (κ2) is 14.2. The molecule has 5 fully saturated rings. The Bertz CT molecular complexity index is 1130. The molecular weight excluding hydrogens is 601 g/mol. The fraction of sp³-hybridized carbons (Fsp3) is 0.750. The largest absolute Gasteiger partial charge is 0.484 e. The molecule has 6 rings (SSSR count). The van der Waals surface area contributed by atoms with Gasteiger partial charge >= 0.3 is 0 Å². The third kappa shape index (κ3) is 7.78. The Morgan fingerprint density at radius 3 is 2.28 bits per heavy atom. The van der Waals surface area contributed by atoms with Gasteiger partial charge in [-0.1, -0.05) is 69.4 Å². The topological polar surface area (TPSA) is 87.7 Å². The van der Waals surface area contributed by atoms with Crippen LogP contribution in [0.25, 0.3) is 0 Å².